The summed E-state index contributed by atoms with van der Waals surface area (Å²) in [6.07, 6.45) is 2.55. The van der Waals surface area contributed by atoms with Crippen LogP contribution in [0.15, 0.2) is 18.2 Å². The molecule has 0 aromatic heterocycles. The molecule has 1 atom stereocenters. The van der Waals surface area contributed by atoms with Gasteiger partial charge in [-0.15, -0.1) is 0 Å². The minimum Gasteiger partial charge on any atom is -0.490 e. The molecule has 0 bridgehead atoms. The van der Waals surface area contributed by atoms with E-state index in [-0.39, 0.29) is 11.9 Å². The van der Waals surface area contributed by atoms with Gasteiger partial charge in [0.15, 0.2) is 11.5 Å². The average Bonchev–Trinajstić information content (AvgIpc) is 2.72. The standard InChI is InChI=1S/C17H22N2O4/c1-3-4-8-19-15(20)17(2,18-16(19)21)12-6-7-13-14(11-12)23-10-5-9-22-13/h6-7,11H,3-5,8-10H2,1-2H3,(H,18,21)/t17-/m0/s1. The Balaban J connectivity index is 1.90. The van der Waals surface area contributed by atoms with Crippen LogP contribution in [0.1, 0.15) is 38.7 Å². The average molecular weight is 318 g/mol. The fourth-order valence-electron chi connectivity index (χ4n) is 2.89. The van der Waals surface area contributed by atoms with Crippen LogP contribution in [0.2, 0.25) is 0 Å². The van der Waals surface area contributed by atoms with Crippen molar-refractivity contribution in [1.29, 1.82) is 0 Å². The van der Waals surface area contributed by atoms with E-state index in [0.717, 1.165) is 19.3 Å². The second-order valence-corrected chi connectivity index (χ2v) is 6.08. The number of urea groups is 1. The van der Waals surface area contributed by atoms with Gasteiger partial charge in [0.25, 0.3) is 5.91 Å². The van der Waals surface area contributed by atoms with Crippen LogP contribution in [0.3, 0.4) is 0 Å². The van der Waals surface area contributed by atoms with Gasteiger partial charge in [-0.2, -0.15) is 0 Å². The summed E-state index contributed by atoms with van der Waals surface area (Å²) in [4.78, 5) is 26.2. The predicted octanol–water partition coefficient (Wildman–Crippen LogP) is 2.42. The quantitative estimate of drug-likeness (QED) is 0.866. The summed E-state index contributed by atoms with van der Waals surface area (Å²) >= 11 is 0. The molecular weight excluding hydrogens is 296 g/mol. The minimum absolute atomic E-state index is 0.217. The van der Waals surface area contributed by atoms with Gasteiger partial charge in [0, 0.05) is 13.0 Å². The van der Waals surface area contributed by atoms with Crippen molar-refractivity contribution in [2.24, 2.45) is 0 Å². The summed E-state index contributed by atoms with van der Waals surface area (Å²) in [6, 6.07) is 5.07. The van der Waals surface area contributed by atoms with Gasteiger partial charge >= 0.3 is 6.03 Å². The Bertz CT molecular complexity index is 631. The highest BCUT2D eigenvalue weighted by Gasteiger charge is 2.48. The van der Waals surface area contributed by atoms with E-state index in [2.05, 4.69) is 5.32 Å². The summed E-state index contributed by atoms with van der Waals surface area (Å²) in [7, 11) is 0. The van der Waals surface area contributed by atoms with Crippen molar-refractivity contribution in [1.82, 2.24) is 10.2 Å². The molecule has 2 heterocycles. The molecular formula is C17H22N2O4. The van der Waals surface area contributed by atoms with E-state index in [1.54, 1.807) is 19.1 Å². The monoisotopic (exact) mass is 318 g/mol. The van der Waals surface area contributed by atoms with Crippen LogP contribution in [-0.4, -0.2) is 36.6 Å². The number of hydrogen-bond acceptors (Lipinski definition) is 4. The zero-order chi connectivity index (χ0) is 16.4. The first kappa shape index (κ1) is 15.6. The molecule has 0 radical (unpaired) electrons. The van der Waals surface area contributed by atoms with Gasteiger partial charge in [-0.05, 0) is 31.0 Å². The van der Waals surface area contributed by atoms with Crippen molar-refractivity contribution in [3.05, 3.63) is 23.8 Å². The molecule has 1 aromatic rings. The van der Waals surface area contributed by atoms with Crippen molar-refractivity contribution in [3.8, 4) is 11.5 Å². The molecule has 0 aliphatic carbocycles. The van der Waals surface area contributed by atoms with Crippen molar-refractivity contribution in [2.75, 3.05) is 19.8 Å². The third-order valence-corrected chi connectivity index (χ3v) is 4.34. The molecule has 2 aliphatic heterocycles. The highest BCUT2D eigenvalue weighted by molar-refractivity contribution is 6.07. The Morgan fingerprint density at radius 2 is 1.96 bits per heavy atom. The maximum Gasteiger partial charge on any atom is 0.325 e. The zero-order valence-corrected chi connectivity index (χ0v) is 13.6. The lowest BCUT2D eigenvalue weighted by Gasteiger charge is -2.23. The topological polar surface area (TPSA) is 67.9 Å². The number of amides is 3. The van der Waals surface area contributed by atoms with E-state index in [1.807, 2.05) is 13.0 Å². The van der Waals surface area contributed by atoms with E-state index >= 15 is 0 Å². The molecule has 1 fully saturated rings. The number of nitrogens with zero attached hydrogens (tertiary/aromatic N) is 1. The smallest absolute Gasteiger partial charge is 0.325 e. The van der Waals surface area contributed by atoms with Crippen molar-refractivity contribution in [2.45, 2.75) is 38.6 Å². The fourth-order valence-corrected chi connectivity index (χ4v) is 2.89. The second kappa shape index (κ2) is 6.10. The maximum atomic E-state index is 12.8. The molecule has 0 saturated carbocycles. The number of imide groups is 1. The number of benzene rings is 1. The molecule has 0 spiro atoms. The van der Waals surface area contributed by atoms with Crippen LogP contribution in [0, 0.1) is 0 Å². The van der Waals surface area contributed by atoms with Gasteiger partial charge in [-0.1, -0.05) is 19.4 Å². The van der Waals surface area contributed by atoms with Gasteiger partial charge in [0.05, 0.1) is 13.2 Å². The van der Waals surface area contributed by atoms with Crippen LogP contribution < -0.4 is 14.8 Å². The highest BCUT2D eigenvalue weighted by Crippen LogP contribution is 2.36. The summed E-state index contributed by atoms with van der Waals surface area (Å²) in [5.74, 6) is 1.08. The molecule has 124 valence electrons. The Kier molecular flexibility index (Phi) is 4.15. The van der Waals surface area contributed by atoms with Crippen LogP contribution in [0.4, 0.5) is 4.79 Å². The van der Waals surface area contributed by atoms with E-state index < -0.39 is 5.54 Å². The molecule has 3 amide bonds. The lowest BCUT2D eigenvalue weighted by molar-refractivity contribution is -0.131. The first-order valence-electron chi connectivity index (χ1n) is 8.10. The molecule has 1 N–H and O–H groups in total. The molecule has 2 aliphatic rings. The SMILES string of the molecule is CCCCN1C(=O)N[C@@](C)(c2ccc3c(c2)OCCCO3)C1=O. The first-order valence-corrected chi connectivity index (χ1v) is 8.10. The Morgan fingerprint density at radius 1 is 1.22 bits per heavy atom. The van der Waals surface area contributed by atoms with Crippen molar-refractivity contribution >= 4 is 11.9 Å². The molecule has 6 nitrogen and oxygen atoms in total. The van der Waals surface area contributed by atoms with Crippen LogP contribution in [0.25, 0.3) is 0 Å². The predicted molar refractivity (Wildman–Crippen MR) is 84.6 cm³/mol. The molecule has 3 rings (SSSR count). The van der Waals surface area contributed by atoms with E-state index in [0.29, 0.717) is 36.8 Å². The summed E-state index contributed by atoms with van der Waals surface area (Å²) in [5.41, 5.74) is -0.353. The number of carbonyl (C=O) groups excluding carboxylic acids is 2. The normalized spacial score (nSPS) is 23.7. The lowest BCUT2D eigenvalue weighted by atomic mass is 9.91. The zero-order valence-electron chi connectivity index (χ0n) is 13.6. The minimum atomic E-state index is -1.06. The lowest BCUT2D eigenvalue weighted by Crippen LogP contribution is -2.41. The van der Waals surface area contributed by atoms with Gasteiger partial charge in [0.1, 0.15) is 5.54 Å². The van der Waals surface area contributed by atoms with Gasteiger partial charge in [-0.25, -0.2) is 4.79 Å². The summed E-state index contributed by atoms with van der Waals surface area (Å²) in [5, 5.41) is 2.82. The van der Waals surface area contributed by atoms with E-state index in [9.17, 15) is 9.59 Å². The highest BCUT2D eigenvalue weighted by atomic mass is 16.5. The maximum absolute atomic E-state index is 12.8. The molecule has 6 heteroatoms. The van der Waals surface area contributed by atoms with Gasteiger partial charge in [-0.3, -0.25) is 9.69 Å². The number of carbonyl (C=O) groups is 2. The van der Waals surface area contributed by atoms with E-state index in [1.165, 1.54) is 4.90 Å². The Labute approximate surface area is 135 Å². The van der Waals surface area contributed by atoms with Crippen LogP contribution in [0.5, 0.6) is 11.5 Å². The number of nitrogens with one attached hydrogen (secondary N) is 1. The molecule has 1 saturated heterocycles. The van der Waals surface area contributed by atoms with Crippen molar-refractivity contribution < 1.29 is 19.1 Å². The number of fused-ring (bicyclic) bond motifs is 1. The van der Waals surface area contributed by atoms with E-state index in [4.69, 9.17) is 9.47 Å². The second-order valence-electron chi connectivity index (χ2n) is 6.08. The summed E-state index contributed by atoms with van der Waals surface area (Å²) < 4.78 is 11.3. The Hall–Kier alpha value is -2.24. The van der Waals surface area contributed by atoms with Crippen LogP contribution >= 0.6 is 0 Å². The van der Waals surface area contributed by atoms with Crippen molar-refractivity contribution in [3.63, 3.8) is 0 Å². The first-order chi connectivity index (χ1) is 11.1. The number of hydrogen-bond donors (Lipinski definition) is 1. The molecule has 1 aromatic carbocycles. The largest absolute Gasteiger partial charge is 0.490 e. The Morgan fingerprint density at radius 3 is 2.70 bits per heavy atom. The number of ether oxygens (including phenoxy) is 2. The third kappa shape index (κ3) is 2.73. The molecule has 0 unspecified atom stereocenters. The van der Waals surface area contributed by atoms with Crippen LogP contribution in [-0.2, 0) is 10.3 Å². The number of rotatable bonds is 4. The van der Waals surface area contributed by atoms with Gasteiger partial charge in [0.2, 0.25) is 0 Å². The fraction of sp³-hybridized carbons (Fsp3) is 0.529. The number of unbranched alkanes of at least 4 members (excludes halogenated alkanes) is 1. The third-order valence-electron chi connectivity index (χ3n) is 4.34. The van der Waals surface area contributed by atoms with Gasteiger partial charge < -0.3 is 14.8 Å². The summed E-state index contributed by atoms with van der Waals surface area (Å²) in [6.45, 7) is 5.40. The molecule has 23 heavy (non-hydrogen) atoms.